The van der Waals surface area contributed by atoms with E-state index in [1.807, 2.05) is 11.9 Å². The minimum atomic E-state index is 0.100. The van der Waals surface area contributed by atoms with Gasteiger partial charge in [-0.2, -0.15) is 0 Å². The van der Waals surface area contributed by atoms with Gasteiger partial charge >= 0.3 is 0 Å². The highest BCUT2D eigenvalue weighted by Crippen LogP contribution is 2.23. The molecule has 3 unspecified atom stereocenters. The number of carbonyl (C=O) groups excluding carboxylic acids is 1. The molecule has 1 amide bonds. The van der Waals surface area contributed by atoms with Crippen LogP contribution in [0.1, 0.15) is 45.4 Å². The number of hydrogen-bond donors (Lipinski definition) is 1. The Labute approximate surface area is 98.6 Å². The fraction of sp³-hybridized carbons (Fsp3) is 0.923. The predicted molar refractivity (Wildman–Crippen MR) is 65.2 cm³/mol. The van der Waals surface area contributed by atoms with Crippen LogP contribution in [-0.4, -0.2) is 36.5 Å². The van der Waals surface area contributed by atoms with Crippen molar-refractivity contribution in [2.75, 3.05) is 13.6 Å². The predicted octanol–water partition coefficient (Wildman–Crippen LogP) is 1.78. The van der Waals surface area contributed by atoms with Gasteiger partial charge < -0.3 is 10.2 Å². The molecule has 1 N–H and O–H groups in total. The van der Waals surface area contributed by atoms with E-state index in [2.05, 4.69) is 12.2 Å². The second-order valence-electron chi connectivity index (χ2n) is 5.58. The molecular weight excluding hydrogens is 200 g/mol. The fourth-order valence-electron chi connectivity index (χ4n) is 2.92. The van der Waals surface area contributed by atoms with Crippen molar-refractivity contribution in [3.63, 3.8) is 0 Å². The number of hydrogen-bond acceptors (Lipinski definition) is 2. The number of likely N-dealkylation sites (N-methyl/N-ethyl adjacent to an activating group) is 1. The summed E-state index contributed by atoms with van der Waals surface area (Å²) >= 11 is 0. The molecule has 1 heterocycles. The first-order valence-corrected chi connectivity index (χ1v) is 6.68. The largest absolute Gasteiger partial charge is 0.344 e. The van der Waals surface area contributed by atoms with Gasteiger partial charge in [0.1, 0.15) is 0 Å². The molecule has 3 atom stereocenters. The Balaban J connectivity index is 1.83. The maximum absolute atomic E-state index is 11.8. The molecule has 92 valence electrons. The number of likely N-dealkylation sites (tertiary alicyclic amines) is 1. The Morgan fingerprint density at radius 3 is 2.69 bits per heavy atom. The Kier molecular flexibility index (Phi) is 3.85. The highest BCUT2D eigenvalue weighted by molar-refractivity contribution is 5.83. The van der Waals surface area contributed by atoms with E-state index in [1.165, 1.54) is 32.1 Å². The average Bonchev–Trinajstić information content (AvgIpc) is 2.48. The molecule has 2 aliphatic rings. The number of amides is 1. The Hall–Kier alpha value is -0.570. The van der Waals surface area contributed by atoms with E-state index in [9.17, 15) is 4.79 Å². The van der Waals surface area contributed by atoms with Gasteiger partial charge in [0, 0.05) is 19.6 Å². The lowest BCUT2D eigenvalue weighted by Crippen LogP contribution is -2.42. The standard InChI is InChI=1S/C13H24N2O/c1-10-4-3-5-11(7-6-10)14-12-8-9-15(2)13(12)16/h10-12,14H,3-9H2,1-2H3. The van der Waals surface area contributed by atoms with Crippen molar-refractivity contribution in [2.24, 2.45) is 5.92 Å². The van der Waals surface area contributed by atoms with E-state index < -0.39 is 0 Å². The number of nitrogens with one attached hydrogen (secondary N) is 1. The molecule has 0 aromatic rings. The van der Waals surface area contributed by atoms with E-state index in [1.54, 1.807) is 0 Å². The maximum atomic E-state index is 11.8. The second-order valence-corrected chi connectivity index (χ2v) is 5.58. The average molecular weight is 224 g/mol. The topological polar surface area (TPSA) is 32.3 Å². The molecular formula is C13H24N2O. The van der Waals surface area contributed by atoms with E-state index in [0.29, 0.717) is 6.04 Å². The van der Waals surface area contributed by atoms with Gasteiger partial charge in [0.05, 0.1) is 6.04 Å². The zero-order chi connectivity index (χ0) is 11.5. The molecule has 0 bridgehead atoms. The van der Waals surface area contributed by atoms with E-state index in [0.717, 1.165) is 18.9 Å². The van der Waals surface area contributed by atoms with Gasteiger partial charge in [0.15, 0.2) is 0 Å². The van der Waals surface area contributed by atoms with E-state index in [-0.39, 0.29) is 11.9 Å². The molecule has 2 fully saturated rings. The molecule has 0 spiro atoms. The highest BCUT2D eigenvalue weighted by atomic mass is 16.2. The van der Waals surface area contributed by atoms with Crippen molar-refractivity contribution in [3.8, 4) is 0 Å². The first kappa shape index (κ1) is 11.9. The summed E-state index contributed by atoms with van der Waals surface area (Å²) in [6.07, 6.45) is 7.47. The molecule has 16 heavy (non-hydrogen) atoms. The van der Waals surface area contributed by atoms with Crippen molar-refractivity contribution < 1.29 is 4.79 Å². The summed E-state index contributed by atoms with van der Waals surface area (Å²) in [7, 11) is 1.90. The van der Waals surface area contributed by atoms with Crippen LogP contribution < -0.4 is 5.32 Å². The van der Waals surface area contributed by atoms with Crippen molar-refractivity contribution >= 4 is 5.91 Å². The zero-order valence-corrected chi connectivity index (χ0v) is 10.5. The maximum Gasteiger partial charge on any atom is 0.239 e. The van der Waals surface area contributed by atoms with Crippen LogP contribution in [0.25, 0.3) is 0 Å². The SMILES string of the molecule is CC1CCCC(NC2CCN(C)C2=O)CC1. The fourth-order valence-corrected chi connectivity index (χ4v) is 2.92. The summed E-state index contributed by atoms with van der Waals surface area (Å²) in [6.45, 7) is 3.26. The molecule has 2 rings (SSSR count). The Morgan fingerprint density at radius 2 is 2.00 bits per heavy atom. The lowest BCUT2D eigenvalue weighted by Gasteiger charge is -2.20. The molecule has 3 nitrogen and oxygen atoms in total. The van der Waals surface area contributed by atoms with Gasteiger partial charge in [-0.3, -0.25) is 4.79 Å². The molecule has 1 aliphatic heterocycles. The number of rotatable bonds is 2. The monoisotopic (exact) mass is 224 g/mol. The third-order valence-corrected chi connectivity index (χ3v) is 4.12. The summed E-state index contributed by atoms with van der Waals surface area (Å²) in [6, 6.07) is 0.675. The van der Waals surface area contributed by atoms with Gasteiger partial charge in [-0.25, -0.2) is 0 Å². The van der Waals surface area contributed by atoms with Crippen LogP contribution in [0.2, 0.25) is 0 Å². The van der Waals surface area contributed by atoms with Gasteiger partial charge in [-0.1, -0.05) is 19.8 Å². The summed E-state index contributed by atoms with van der Waals surface area (Å²) in [4.78, 5) is 13.6. The van der Waals surface area contributed by atoms with Crippen LogP contribution in [0.15, 0.2) is 0 Å². The third-order valence-electron chi connectivity index (χ3n) is 4.12. The van der Waals surface area contributed by atoms with Crippen LogP contribution in [0, 0.1) is 5.92 Å². The summed E-state index contributed by atoms with van der Waals surface area (Å²) in [5, 5.41) is 3.57. The van der Waals surface area contributed by atoms with Crippen LogP contribution in [0.3, 0.4) is 0 Å². The van der Waals surface area contributed by atoms with Crippen LogP contribution >= 0.6 is 0 Å². The smallest absolute Gasteiger partial charge is 0.239 e. The first-order chi connectivity index (χ1) is 7.66. The van der Waals surface area contributed by atoms with Crippen LogP contribution in [-0.2, 0) is 4.79 Å². The zero-order valence-electron chi connectivity index (χ0n) is 10.5. The summed E-state index contributed by atoms with van der Waals surface area (Å²) in [5.74, 6) is 1.16. The van der Waals surface area contributed by atoms with E-state index in [4.69, 9.17) is 0 Å². The minimum absolute atomic E-state index is 0.100. The molecule has 0 radical (unpaired) electrons. The number of carbonyl (C=O) groups is 1. The normalized spacial score (nSPS) is 36.5. The third kappa shape index (κ3) is 2.76. The van der Waals surface area contributed by atoms with Crippen molar-refractivity contribution in [3.05, 3.63) is 0 Å². The number of nitrogens with zero attached hydrogens (tertiary/aromatic N) is 1. The van der Waals surface area contributed by atoms with Crippen molar-refractivity contribution in [2.45, 2.75) is 57.5 Å². The Morgan fingerprint density at radius 1 is 1.19 bits per heavy atom. The van der Waals surface area contributed by atoms with Gasteiger partial charge in [-0.15, -0.1) is 0 Å². The molecule has 1 saturated carbocycles. The van der Waals surface area contributed by atoms with Gasteiger partial charge in [0.2, 0.25) is 5.91 Å². The van der Waals surface area contributed by atoms with Crippen molar-refractivity contribution in [1.29, 1.82) is 0 Å². The van der Waals surface area contributed by atoms with Crippen LogP contribution in [0.5, 0.6) is 0 Å². The quantitative estimate of drug-likeness (QED) is 0.725. The minimum Gasteiger partial charge on any atom is -0.344 e. The summed E-state index contributed by atoms with van der Waals surface area (Å²) in [5.41, 5.74) is 0. The van der Waals surface area contributed by atoms with E-state index >= 15 is 0 Å². The molecule has 0 aromatic heterocycles. The van der Waals surface area contributed by atoms with Gasteiger partial charge in [-0.05, 0) is 31.6 Å². The molecule has 1 aliphatic carbocycles. The Bertz CT molecular complexity index is 254. The molecule has 3 heteroatoms. The van der Waals surface area contributed by atoms with Gasteiger partial charge in [0.25, 0.3) is 0 Å². The second kappa shape index (κ2) is 5.17. The van der Waals surface area contributed by atoms with Crippen LogP contribution in [0.4, 0.5) is 0 Å². The first-order valence-electron chi connectivity index (χ1n) is 6.68. The van der Waals surface area contributed by atoms with Crippen molar-refractivity contribution in [1.82, 2.24) is 10.2 Å². The summed E-state index contributed by atoms with van der Waals surface area (Å²) < 4.78 is 0. The lowest BCUT2D eigenvalue weighted by molar-refractivity contribution is -0.128. The highest BCUT2D eigenvalue weighted by Gasteiger charge is 2.30. The molecule has 1 saturated heterocycles. The lowest BCUT2D eigenvalue weighted by atomic mass is 10.0. The molecule has 0 aromatic carbocycles.